The number of anilines is 1. The molecule has 3 aromatic carbocycles. The molecule has 4 aromatic rings. The molecular weight excluding hydrogens is 376 g/mol. The summed E-state index contributed by atoms with van der Waals surface area (Å²) in [7, 11) is 0. The molecule has 0 unspecified atom stereocenters. The van der Waals surface area contributed by atoms with E-state index in [0.29, 0.717) is 5.75 Å². The zero-order valence-electron chi connectivity index (χ0n) is 16.7. The van der Waals surface area contributed by atoms with Crippen LogP contribution in [0.4, 0.5) is 5.69 Å². The fraction of sp³-hybridized carbons (Fsp3) is 0.160. The first-order chi connectivity index (χ1) is 14.1. The highest BCUT2D eigenvalue weighted by Crippen LogP contribution is 2.31. The minimum atomic E-state index is 0.0172. The van der Waals surface area contributed by atoms with Crippen LogP contribution in [0.15, 0.2) is 83.9 Å². The Morgan fingerprint density at radius 3 is 2.52 bits per heavy atom. The van der Waals surface area contributed by atoms with Crippen molar-refractivity contribution in [2.45, 2.75) is 25.3 Å². The minimum absolute atomic E-state index is 0.0172. The molecule has 0 aliphatic heterocycles. The Labute approximate surface area is 175 Å². The van der Waals surface area contributed by atoms with E-state index in [1.54, 1.807) is 11.8 Å². The van der Waals surface area contributed by atoms with Crippen molar-refractivity contribution < 1.29 is 4.79 Å². The topological polar surface area (TPSA) is 34.0 Å². The smallest absolute Gasteiger partial charge is 0.234 e. The van der Waals surface area contributed by atoms with Gasteiger partial charge in [-0.05, 0) is 42.7 Å². The Bertz CT molecular complexity index is 1150. The van der Waals surface area contributed by atoms with Crippen LogP contribution in [0.2, 0.25) is 0 Å². The maximum Gasteiger partial charge on any atom is 0.234 e. The second-order valence-electron chi connectivity index (χ2n) is 7.21. The lowest BCUT2D eigenvalue weighted by Gasteiger charge is -2.10. The highest BCUT2D eigenvalue weighted by atomic mass is 32.2. The van der Waals surface area contributed by atoms with Gasteiger partial charge in [-0.1, -0.05) is 60.7 Å². The number of fused-ring (bicyclic) bond motifs is 1. The van der Waals surface area contributed by atoms with E-state index >= 15 is 0 Å². The number of thioether (sulfide) groups is 1. The van der Waals surface area contributed by atoms with Crippen LogP contribution in [-0.4, -0.2) is 16.2 Å². The third kappa shape index (κ3) is 4.38. The lowest BCUT2D eigenvalue weighted by Crippen LogP contribution is -2.15. The lowest BCUT2D eigenvalue weighted by molar-refractivity contribution is -0.113. The molecule has 4 heteroatoms. The number of aromatic nitrogens is 1. The van der Waals surface area contributed by atoms with Gasteiger partial charge in [-0.3, -0.25) is 4.79 Å². The Morgan fingerprint density at radius 2 is 1.69 bits per heavy atom. The Morgan fingerprint density at radius 1 is 0.931 bits per heavy atom. The summed E-state index contributed by atoms with van der Waals surface area (Å²) in [6.45, 7) is 4.91. The lowest BCUT2D eigenvalue weighted by atomic mass is 10.1. The summed E-state index contributed by atoms with van der Waals surface area (Å²) in [5, 5.41) is 4.24. The average Bonchev–Trinajstić information content (AvgIpc) is 3.08. The first kappa shape index (κ1) is 19.3. The quantitative estimate of drug-likeness (QED) is 0.401. The van der Waals surface area contributed by atoms with E-state index in [2.05, 4.69) is 77.6 Å². The number of carbonyl (C=O) groups is 1. The Balaban J connectivity index is 1.51. The molecule has 0 saturated heterocycles. The highest BCUT2D eigenvalue weighted by molar-refractivity contribution is 8.00. The summed E-state index contributed by atoms with van der Waals surface area (Å²) in [5.41, 5.74) is 5.64. The van der Waals surface area contributed by atoms with Gasteiger partial charge in [0.15, 0.2) is 0 Å². The van der Waals surface area contributed by atoms with E-state index in [1.807, 2.05) is 25.1 Å². The van der Waals surface area contributed by atoms with Crippen molar-refractivity contribution in [1.82, 2.24) is 4.57 Å². The number of benzene rings is 3. The normalized spacial score (nSPS) is 11.0. The Kier molecular flexibility index (Phi) is 5.72. The zero-order valence-corrected chi connectivity index (χ0v) is 17.5. The van der Waals surface area contributed by atoms with Crippen LogP contribution in [0.5, 0.6) is 0 Å². The average molecular weight is 401 g/mol. The molecular formula is C25H24N2OS. The molecule has 146 valence electrons. The van der Waals surface area contributed by atoms with E-state index in [0.717, 1.165) is 22.7 Å². The number of hydrogen-bond donors (Lipinski definition) is 1. The summed E-state index contributed by atoms with van der Waals surface area (Å²) < 4.78 is 2.26. The molecule has 29 heavy (non-hydrogen) atoms. The van der Waals surface area contributed by atoms with Gasteiger partial charge in [-0.25, -0.2) is 0 Å². The number of aryl methyl sites for hydroxylation is 1. The van der Waals surface area contributed by atoms with Gasteiger partial charge in [0.25, 0.3) is 0 Å². The van der Waals surface area contributed by atoms with Gasteiger partial charge in [0.1, 0.15) is 0 Å². The van der Waals surface area contributed by atoms with Crippen LogP contribution in [0.1, 0.15) is 16.7 Å². The summed E-state index contributed by atoms with van der Waals surface area (Å²) in [6.07, 6.45) is 2.16. The molecule has 4 rings (SSSR count). The van der Waals surface area contributed by atoms with Crippen LogP contribution in [0.3, 0.4) is 0 Å². The van der Waals surface area contributed by atoms with Gasteiger partial charge in [0.2, 0.25) is 5.91 Å². The fourth-order valence-corrected chi connectivity index (χ4v) is 4.34. The molecule has 0 aliphatic carbocycles. The Hall–Kier alpha value is -2.98. The van der Waals surface area contributed by atoms with Crippen molar-refractivity contribution in [2.75, 3.05) is 11.1 Å². The molecule has 1 aromatic heterocycles. The molecule has 0 radical (unpaired) electrons. The predicted molar refractivity (Wildman–Crippen MR) is 123 cm³/mol. The van der Waals surface area contributed by atoms with Crippen LogP contribution >= 0.6 is 11.8 Å². The molecule has 1 N–H and O–H groups in total. The van der Waals surface area contributed by atoms with Crippen molar-refractivity contribution >= 4 is 34.3 Å². The van der Waals surface area contributed by atoms with Crippen molar-refractivity contribution in [3.63, 3.8) is 0 Å². The highest BCUT2D eigenvalue weighted by Gasteiger charge is 2.12. The van der Waals surface area contributed by atoms with Gasteiger partial charge >= 0.3 is 0 Å². The molecule has 1 heterocycles. The third-order valence-electron chi connectivity index (χ3n) is 5.19. The molecule has 0 aliphatic rings. The van der Waals surface area contributed by atoms with Gasteiger partial charge in [0, 0.05) is 34.2 Å². The van der Waals surface area contributed by atoms with Crippen LogP contribution in [-0.2, 0) is 11.3 Å². The van der Waals surface area contributed by atoms with Crippen molar-refractivity contribution in [2.24, 2.45) is 0 Å². The second-order valence-corrected chi connectivity index (χ2v) is 8.23. The van der Waals surface area contributed by atoms with E-state index in [-0.39, 0.29) is 5.91 Å². The first-order valence-electron chi connectivity index (χ1n) is 9.72. The minimum Gasteiger partial charge on any atom is -0.342 e. The van der Waals surface area contributed by atoms with Crippen molar-refractivity contribution in [1.29, 1.82) is 0 Å². The number of para-hydroxylation sites is 1. The second kappa shape index (κ2) is 8.58. The number of carbonyl (C=O) groups excluding carboxylic acids is 1. The SMILES string of the molecule is Cc1cccc(NC(=O)CSc2cn(Cc3ccccc3)c3ccccc23)c1C. The monoisotopic (exact) mass is 400 g/mol. The van der Waals surface area contributed by atoms with E-state index in [4.69, 9.17) is 0 Å². The largest absolute Gasteiger partial charge is 0.342 e. The van der Waals surface area contributed by atoms with Crippen molar-refractivity contribution in [3.05, 3.63) is 95.7 Å². The summed E-state index contributed by atoms with van der Waals surface area (Å²) >= 11 is 1.59. The molecule has 0 bridgehead atoms. The molecule has 0 fully saturated rings. The summed E-state index contributed by atoms with van der Waals surface area (Å²) in [6, 6.07) is 24.8. The van der Waals surface area contributed by atoms with Crippen LogP contribution in [0, 0.1) is 13.8 Å². The fourth-order valence-electron chi connectivity index (χ4n) is 3.46. The maximum atomic E-state index is 12.5. The maximum absolute atomic E-state index is 12.5. The van der Waals surface area contributed by atoms with E-state index < -0.39 is 0 Å². The molecule has 1 amide bonds. The number of nitrogens with zero attached hydrogens (tertiary/aromatic N) is 1. The predicted octanol–water partition coefficient (Wildman–Crippen LogP) is 6.04. The number of amides is 1. The standard InChI is InChI=1S/C25H24N2OS/c1-18-9-8-13-22(19(18)2)26-25(28)17-29-24-16-27(15-20-10-4-3-5-11-20)23-14-7-6-12-21(23)24/h3-14,16H,15,17H2,1-2H3,(H,26,28). The molecule has 0 saturated carbocycles. The van der Waals surface area contributed by atoms with E-state index in [9.17, 15) is 4.79 Å². The van der Waals surface area contributed by atoms with Gasteiger partial charge in [-0.2, -0.15) is 0 Å². The molecule has 0 atom stereocenters. The van der Waals surface area contributed by atoms with Crippen molar-refractivity contribution in [3.8, 4) is 0 Å². The third-order valence-corrected chi connectivity index (χ3v) is 6.23. The summed E-state index contributed by atoms with van der Waals surface area (Å²) in [4.78, 5) is 13.7. The zero-order chi connectivity index (χ0) is 20.2. The van der Waals surface area contributed by atoms with Crippen LogP contribution in [0.25, 0.3) is 10.9 Å². The van der Waals surface area contributed by atoms with Gasteiger partial charge in [-0.15, -0.1) is 11.8 Å². The summed E-state index contributed by atoms with van der Waals surface area (Å²) in [5.74, 6) is 0.399. The van der Waals surface area contributed by atoms with E-state index in [1.165, 1.54) is 22.0 Å². The van der Waals surface area contributed by atoms with Crippen LogP contribution < -0.4 is 5.32 Å². The van der Waals surface area contributed by atoms with Gasteiger partial charge < -0.3 is 9.88 Å². The van der Waals surface area contributed by atoms with Gasteiger partial charge in [0.05, 0.1) is 5.75 Å². The molecule has 0 spiro atoms. The number of hydrogen-bond acceptors (Lipinski definition) is 2. The molecule has 3 nitrogen and oxygen atoms in total. The first-order valence-corrected chi connectivity index (χ1v) is 10.7. The number of nitrogens with one attached hydrogen (secondary N) is 1. The number of rotatable bonds is 6.